The highest BCUT2D eigenvalue weighted by atomic mass is 16.2. The number of aromatic nitrogens is 2. The number of anilines is 3. The number of aromatic amines is 1. The maximum atomic E-state index is 12.5. The van der Waals surface area contributed by atoms with Gasteiger partial charge in [-0.1, -0.05) is 42.8 Å². The van der Waals surface area contributed by atoms with E-state index < -0.39 is 0 Å². The fourth-order valence-electron chi connectivity index (χ4n) is 4.93. The molecule has 176 valence electrons. The third-order valence-electron chi connectivity index (χ3n) is 7.39. The first-order chi connectivity index (χ1) is 16.4. The number of benzene rings is 2. The summed E-state index contributed by atoms with van der Waals surface area (Å²) in [6.45, 7) is 0. The minimum Gasteiger partial charge on any atom is -0.378 e. The lowest BCUT2D eigenvalue weighted by molar-refractivity contribution is -0.122. The van der Waals surface area contributed by atoms with Gasteiger partial charge in [-0.05, 0) is 48.2 Å². The minimum atomic E-state index is -0.329. The second-order valence-corrected chi connectivity index (χ2v) is 9.95. The number of hydrogen-bond acceptors (Lipinski definition) is 4. The molecule has 6 heteroatoms. The zero-order valence-corrected chi connectivity index (χ0v) is 20.4. The number of nitrogens with one attached hydrogen (secondary N) is 2. The van der Waals surface area contributed by atoms with Crippen LogP contribution in [0.2, 0.25) is 0 Å². The number of H-pyrrole nitrogens is 1. The second-order valence-electron chi connectivity index (χ2n) is 9.95. The van der Waals surface area contributed by atoms with Crippen LogP contribution in [0.5, 0.6) is 0 Å². The van der Waals surface area contributed by atoms with E-state index in [0.29, 0.717) is 5.82 Å². The Labute approximate surface area is 201 Å². The maximum absolute atomic E-state index is 12.5. The number of nitrogens with zero attached hydrogens (tertiary/aromatic N) is 3. The van der Waals surface area contributed by atoms with Crippen molar-refractivity contribution in [2.75, 3.05) is 43.3 Å². The first kappa shape index (κ1) is 22.3. The molecule has 0 spiro atoms. The van der Waals surface area contributed by atoms with Crippen LogP contribution in [-0.2, 0) is 16.6 Å². The van der Waals surface area contributed by atoms with Crippen molar-refractivity contribution in [2.24, 2.45) is 5.92 Å². The van der Waals surface area contributed by atoms with E-state index in [0.717, 1.165) is 36.9 Å². The number of allylic oxidation sites excluding steroid dienone is 1. The smallest absolute Gasteiger partial charge is 0.228 e. The molecule has 2 aliphatic rings. The molecule has 0 unspecified atom stereocenters. The Morgan fingerprint density at radius 2 is 1.50 bits per heavy atom. The Bertz CT molecular complexity index is 1150. The van der Waals surface area contributed by atoms with E-state index in [1.165, 1.54) is 22.5 Å². The predicted molar refractivity (Wildman–Crippen MR) is 140 cm³/mol. The molecule has 2 aliphatic carbocycles. The third-order valence-corrected chi connectivity index (χ3v) is 7.39. The molecule has 2 N–H and O–H groups in total. The van der Waals surface area contributed by atoms with Crippen LogP contribution >= 0.6 is 0 Å². The Morgan fingerprint density at radius 1 is 0.941 bits per heavy atom. The van der Waals surface area contributed by atoms with E-state index in [1.54, 1.807) is 0 Å². The summed E-state index contributed by atoms with van der Waals surface area (Å²) in [5, 5.41) is 10.8. The highest BCUT2D eigenvalue weighted by Gasteiger charge is 2.37. The van der Waals surface area contributed by atoms with Gasteiger partial charge in [0.2, 0.25) is 5.91 Å². The highest BCUT2D eigenvalue weighted by molar-refractivity contribution is 5.94. The van der Waals surface area contributed by atoms with Crippen LogP contribution in [0.3, 0.4) is 0 Å². The van der Waals surface area contributed by atoms with Gasteiger partial charge in [0, 0.05) is 68.6 Å². The van der Waals surface area contributed by atoms with Gasteiger partial charge < -0.3 is 15.1 Å². The number of rotatable bonds is 6. The molecule has 5 rings (SSSR count). The van der Waals surface area contributed by atoms with Gasteiger partial charge in [-0.25, -0.2) is 0 Å². The average molecular weight is 456 g/mol. The number of carbonyl (C=O) groups excluding carboxylic acids is 1. The Balaban J connectivity index is 1.53. The summed E-state index contributed by atoms with van der Waals surface area (Å²) in [5.41, 5.74) is 6.50. The topological polar surface area (TPSA) is 64.3 Å². The molecule has 3 aromatic rings. The Kier molecular flexibility index (Phi) is 5.68. The molecule has 0 aliphatic heterocycles. The van der Waals surface area contributed by atoms with Gasteiger partial charge in [-0.2, -0.15) is 5.10 Å². The quantitative estimate of drug-likeness (QED) is 0.559. The van der Waals surface area contributed by atoms with Crippen molar-refractivity contribution in [3.8, 4) is 0 Å². The molecular formula is C28H33N5O. The predicted octanol–water partition coefficient (Wildman–Crippen LogP) is 4.84. The van der Waals surface area contributed by atoms with Gasteiger partial charge in [0.1, 0.15) is 0 Å². The molecule has 1 heterocycles. The van der Waals surface area contributed by atoms with Crippen molar-refractivity contribution >= 4 is 29.2 Å². The second kappa shape index (κ2) is 8.67. The minimum absolute atomic E-state index is 0.0873. The van der Waals surface area contributed by atoms with Crippen LogP contribution in [0.4, 0.5) is 17.2 Å². The van der Waals surface area contributed by atoms with Crippen molar-refractivity contribution in [1.29, 1.82) is 0 Å². The summed E-state index contributed by atoms with van der Waals surface area (Å²) in [4.78, 5) is 16.8. The van der Waals surface area contributed by atoms with Crippen LogP contribution in [0.25, 0.3) is 6.08 Å². The van der Waals surface area contributed by atoms with Crippen molar-refractivity contribution in [1.82, 2.24) is 10.2 Å². The summed E-state index contributed by atoms with van der Waals surface area (Å²) in [6, 6.07) is 17.6. The summed E-state index contributed by atoms with van der Waals surface area (Å²) in [5.74, 6) is 0.858. The monoisotopic (exact) mass is 455 g/mol. The number of carbonyl (C=O) groups is 1. The fourth-order valence-corrected chi connectivity index (χ4v) is 4.93. The lowest BCUT2D eigenvalue weighted by Crippen LogP contribution is -2.31. The fraction of sp³-hybridized carbons (Fsp3) is 0.357. The van der Waals surface area contributed by atoms with Crippen LogP contribution in [0, 0.1) is 5.92 Å². The number of amides is 1. The Morgan fingerprint density at radius 3 is 1.97 bits per heavy atom. The molecule has 1 fully saturated rings. The van der Waals surface area contributed by atoms with E-state index >= 15 is 0 Å². The van der Waals surface area contributed by atoms with E-state index in [-0.39, 0.29) is 17.2 Å². The molecule has 0 saturated heterocycles. The van der Waals surface area contributed by atoms with Crippen LogP contribution in [-0.4, -0.2) is 44.3 Å². The average Bonchev–Trinajstić information content (AvgIpc) is 3.19. The first-order valence-corrected chi connectivity index (χ1v) is 12.0. The van der Waals surface area contributed by atoms with Gasteiger partial charge in [-0.3, -0.25) is 9.89 Å². The van der Waals surface area contributed by atoms with Gasteiger partial charge >= 0.3 is 0 Å². The zero-order chi connectivity index (χ0) is 23.9. The van der Waals surface area contributed by atoms with Gasteiger partial charge in [0.25, 0.3) is 0 Å². The molecular weight excluding hydrogens is 422 g/mol. The van der Waals surface area contributed by atoms with E-state index in [9.17, 15) is 4.79 Å². The third kappa shape index (κ3) is 3.87. The summed E-state index contributed by atoms with van der Waals surface area (Å²) < 4.78 is 0. The highest BCUT2D eigenvalue weighted by Crippen LogP contribution is 2.43. The number of hydrogen-bond donors (Lipinski definition) is 2. The molecule has 0 radical (unpaired) electrons. The lowest BCUT2D eigenvalue weighted by Gasteiger charge is -2.35. The van der Waals surface area contributed by atoms with E-state index in [4.69, 9.17) is 0 Å². The summed E-state index contributed by atoms with van der Waals surface area (Å²) in [7, 11) is 8.23. The largest absolute Gasteiger partial charge is 0.378 e. The molecule has 1 saturated carbocycles. The maximum Gasteiger partial charge on any atom is 0.228 e. The van der Waals surface area contributed by atoms with E-state index in [2.05, 4.69) is 114 Å². The van der Waals surface area contributed by atoms with Gasteiger partial charge in [0.05, 0.1) is 0 Å². The van der Waals surface area contributed by atoms with Gasteiger partial charge in [-0.15, -0.1) is 0 Å². The molecule has 34 heavy (non-hydrogen) atoms. The number of fused-ring (bicyclic) bond motifs is 1. The van der Waals surface area contributed by atoms with Crippen LogP contribution in [0.15, 0.2) is 54.6 Å². The molecule has 1 amide bonds. The molecule has 1 aromatic heterocycles. The lowest BCUT2D eigenvalue weighted by atomic mass is 9.68. The molecule has 6 nitrogen and oxygen atoms in total. The van der Waals surface area contributed by atoms with Crippen LogP contribution in [0.1, 0.15) is 41.6 Å². The van der Waals surface area contributed by atoms with Crippen molar-refractivity contribution in [3.63, 3.8) is 0 Å². The molecule has 0 bridgehead atoms. The first-order valence-electron chi connectivity index (χ1n) is 12.0. The zero-order valence-electron chi connectivity index (χ0n) is 20.4. The Hall–Kier alpha value is -3.54. The van der Waals surface area contributed by atoms with E-state index in [1.807, 2.05) is 0 Å². The van der Waals surface area contributed by atoms with Crippen molar-refractivity contribution in [3.05, 3.63) is 77.0 Å². The van der Waals surface area contributed by atoms with Crippen LogP contribution < -0.4 is 15.1 Å². The van der Waals surface area contributed by atoms with Crippen molar-refractivity contribution in [2.45, 2.75) is 31.1 Å². The SMILES string of the molecule is CN(C)c1ccc(C2(c3ccc(N(C)C)cc3)C=Cc3c(NC(=O)C4CCC4)n[nH]c3C2)cc1. The standard InChI is InChI=1S/C28H33N5O/c1-32(2)22-12-8-20(9-13-22)28(21-10-14-23(15-11-21)33(3)4)17-16-24-25(18-28)30-31-26(24)29-27(34)19-6-5-7-19/h8-17,19H,5-7,18H2,1-4H3,(H2,29,30,31,34). The van der Waals surface area contributed by atoms with Crippen molar-refractivity contribution < 1.29 is 4.79 Å². The molecule has 0 atom stereocenters. The normalized spacial score (nSPS) is 16.5. The summed E-state index contributed by atoms with van der Waals surface area (Å²) >= 11 is 0. The summed E-state index contributed by atoms with van der Waals surface area (Å²) in [6.07, 6.45) is 8.23. The van der Waals surface area contributed by atoms with Gasteiger partial charge in [0.15, 0.2) is 5.82 Å². The molecule has 2 aromatic carbocycles.